The highest BCUT2D eigenvalue weighted by Crippen LogP contribution is 2.21. The molecular weight excluding hydrogens is 276 g/mol. The van der Waals surface area contributed by atoms with Crippen LogP contribution in [0.3, 0.4) is 0 Å². The maximum atomic E-state index is 9.06. The van der Waals surface area contributed by atoms with E-state index in [9.17, 15) is 0 Å². The molecule has 0 amide bonds. The molecule has 0 radical (unpaired) electrons. The van der Waals surface area contributed by atoms with Gasteiger partial charge in [-0.1, -0.05) is 30.3 Å². The molecule has 4 aromatic rings. The summed E-state index contributed by atoms with van der Waals surface area (Å²) in [7, 11) is 0. The summed E-state index contributed by atoms with van der Waals surface area (Å²) in [5.74, 6) is 2.26. The smallest absolute Gasteiger partial charge is 0.257 e. The van der Waals surface area contributed by atoms with Crippen molar-refractivity contribution in [3.05, 3.63) is 54.4 Å². The van der Waals surface area contributed by atoms with Gasteiger partial charge in [-0.3, -0.25) is 5.41 Å². The van der Waals surface area contributed by atoms with Crippen molar-refractivity contribution in [3.8, 4) is 6.07 Å². The maximum Gasteiger partial charge on any atom is 0.359 e. The quantitative estimate of drug-likeness (QED) is 0.250. The number of nitrogens with one attached hydrogen (secondary N) is 1. The third kappa shape index (κ3) is 1.54. The summed E-state index contributed by atoms with van der Waals surface area (Å²) in [4.78, 5) is 0. The van der Waals surface area contributed by atoms with Gasteiger partial charge in [-0.25, -0.2) is 0 Å². The Morgan fingerprint density at radius 1 is 1.09 bits per heavy atom. The van der Waals surface area contributed by atoms with E-state index in [1.807, 2.05) is 54.6 Å². The molecule has 102 valence electrons. The Balaban J connectivity index is 2.29. The first-order valence-corrected chi connectivity index (χ1v) is 6.62. The Kier molecular flexibility index (Phi) is 2.49. The van der Waals surface area contributed by atoms with Gasteiger partial charge < -0.3 is 0 Å². The summed E-state index contributed by atoms with van der Waals surface area (Å²) < 4.78 is 3.28. The molecule has 0 unspecified atom stereocenters. The third-order valence-corrected chi connectivity index (χ3v) is 3.55. The number of nitrogens with zero attached hydrogens (tertiary/aromatic N) is 5. The van der Waals surface area contributed by atoms with Crippen molar-refractivity contribution < 1.29 is 4.63 Å². The lowest BCUT2D eigenvalue weighted by Gasteiger charge is -2.00. The van der Waals surface area contributed by atoms with Crippen LogP contribution in [0.15, 0.2) is 48.5 Å². The lowest BCUT2D eigenvalue weighted by atomic mass is 10.1. The minimum Gasteiger partial charge on any atom is -0.257 e. The average molecular weight is 285 g/mol. The van der Waals surface area contributed by atoms with E-state index in [0.29, 0.717) is 0 Å². The van der Waals surface area contributed by atoms with Crippen molar-refractivity contribution in [2.45, 2.75) is 0 Å². The molecule has 0 atom stereocenters. The predicted molar refractivity (Wildman–Crippen MR) is 80.4 cm³/mol. The van der Waals surface area contributed by atoms with Crippen LogP contribution < -0.4 is 4.63 Å². The molecule has 2 heterocycles. The molecule has 0 fully saturated rings. The Morgan fingerprint density at radius 2 is 1.82 bits per heavy atom. The fourth-order valence-corrected chi connectivity index (χ4v) is 2.58. The Hall–Kier alpha value is -3.55. The molecule has 0 aliphatic rings. The molecule has 0 saturated heterocycles. The van der Waals surface area contributed by atoms with Crippen LogP contribution in [-0.4, -0.2) is 20.7 Å². The number of benzene rings is 2. The molecule has 0 bridgehead atoms. The van der Waals surface area contributed by atoms with E-state index in [1.54, 1.807) is 9.26 Å². The number of hydrogen-bond donors (Lipinski definition) is 1. The van der Waals surface area contributed by atoms with Crippen molar-refractivity contribution in [2.75, 3.05) is 0 Å². The van der Waals surface area contributed by atoms with Crippen molar-refractivity contribution >= 4 is 33.2 Å². The number of rotatable bonds is 1. The molecule has 0 aliphatic heterocycles. The van der Waals surface area contributed by atoms with Gasteiger partial charge in [0.05, 0.1) is 5.10 Å². The SMILES string of the molecule is N#CC(=C=N)c1nn2c3ccccc3c3ccccc3[n+]2n1. The normalized spacial score (nSPS) is 10.7. The average Bonchev–Trinajstić information content (AvgIpc) is 3.02. The molecule has 1 N–H and O–H groups in total. The highest BCUT2D eigenvalue weighted by molar-refractivity contribution is 6.02. The summed E-state index contributed by atoms with van der Waals surface area (Å²) in [6.45, 7) is 0. The fraction of sp³-hybridized carbons (Fsp3) is 0. The van der Waals surface area contributed by atoms with Gasteiger partial charge >= 0.3 is 5.82 Å². The zero-order chi connectivity index (χ0) is 15.1. The maximum absolute atomic E-state index is 9.06. The summed E-state index contributed by atoms with van der Waals surface area (Å²) in [6.07, 6.45) is 0. The summed E-state index contributed by atoms with van der Waals surface area (Å²) in [5.41, 5.74) is 1.76. The van der Waals surface area contributed by atoms with Crippen molar-refractivity contribution in [2.24, 2.45) is 0 Å². The number of allylic oxidation sites excluding steroid dienone is 1. The van der Waals surface area contributed by atoms with Crippen LogP contribution in [-0.2, 0) is 0 Å². The highest BCUT2D eigenvalue weighted by atomic mass is 15.6. The topological polar surface area (TPSA) is 81.9 Å². The standard InChI is InChI=1S/C16H9N6/c17-9-11(10-18)16-19-21-14-7-3-1-5-12(14)13-6-2-4-8-15(13)22(21)20-16/h1-8,17H/q+1. The van der Waals surface area contributed by atoms with Crippen LogP contribution in [0.1, 0.15) is 5.82 Å². The number of hydrogen-bond acceptors (Lipinski definition) is 4. The molecule has 4 rings (SSSR count). The van der Waals surface area contributed by atoms with Gasteiger partial charge in [-0.15, -0.1) is 0 Å². The Bertz CT molecular complexity index is 1070. The van der Waals surface area contributed by atoms with Gasteiger partial charge in [0, 0.05) is 21.3 Å². The van der Waals surface area contributed by atoms with E-state index in [0.717, 1.165) is 21.8 Å². The number of nitriles is 1. The Labute approximate surface area is 124 Å². The van der Waals surface area contributed by atoms with Crippen LogP contribution in [0.25, 0.3) is 27.4 Å². The van der Waals surface area contributed by atoms with Crippen LogP contribution >= 0.6 is 0 Å². The van der Waals surface area contributed by atoms with Gasteiger partial charge in [0.1, 0.15) is 11.6 Å². The molecule has 6 heteroatoms. The monoisotopic (exact) mass is 285 g/mol. The molecule has 2 aromatic heterocycles. The van der Waals surface area contributed by atoms with Crippen LogP contribution in [0.5, 0.6) is 0 Å². The van der Waals surface area contributed by atoms with Crippen LogP contribution in [0, 0.1) is 16.7 Å². The van der Waals surface area contributed by atoms with Crippen LogP contribution in [0.2, 0.25) is 0 Å². The minimum atomic E-state index is 0.00404. The van der Waals surface area contributed by atoms with E-state index in [1.165, 1.54) is 0 Å². The fourth-order valence-electron chi connectivity index (χ4n) is 2.58. The predicted octanol–water partition coefficient (Wildman–Crippen LogP) is 1.78. The van der Waals surface area contributed by atoms with Crippen LogP contribution in [0.4, 0.5) is 0 Å². The molecule has 0 saturated carbocycles. The lowest BCUT2D eigenvalue weighted by Crippen LogP contribution is -2.33. The molecule has 0 aliphatic carbocycles. The first-order chi connectivity index (χ1) is 10.8. The van der Waals surface area contributed by atoms with Crippen molar-refractivity contribution in [1.82, 2.24) is 14.8 Å². The van der Waals surface area contributed by atoms with Gasteiger partial charge in [0.2, 0.25) is 0 Å². The second kappa shape index (κ2) is 4.48. The van der Waals surface area contributed by atoms with E-state index < -0.39 is 0 Å². The van der Waals surface area contributed by atoms with Crippen molar-refractivity contribution in [3.63, 3.8) is 0 Å². The minimum absolute atomic E-state index is 0.00404. The number of tetrazole rings is 1. The Morgan fingerprint density at radius 3 is 2.59 bits per heavy atom. The highest BCUT2D eigenvalue weighted by Gasteiger charge is 2.22. The largest absolute Gasteiger partial charge is 0.359 e. The zero-order valence-corrected chi connectivity index (χ0v) is 11.4. The molecule has 22 heavy (non-hydrogen) atoms. The van der Waals surface area contributed by atoms with Crippen molar-refractivity contribution in [1.29, 1.82) is 10.7 Å². The van der Waals surface area contributed by atoms with E-state index in [2.05, 4.69) is 16.1 Å². The number of aromatic nitrogens is 4. The summed E-state index contributed by atoms with van der Waals surface area (Å²) in [5, 5.41) is 27.1. The zero-order valence-electron chi connectivity index (χ0n) is 11.4. The van der Waals surface area contributed by atoms with E-state index in [4.69, 9.17) is 10.7 Å². The second-order valence-electron chi connectivity index (χ2n) is 4.75. The van der Waals surface area contributed by atoms with Gasteiger partial charge in [0.15, 0.2) is 11.1 Å². The molecular formula is C16H9N6+. The third-order valence-electron chi connectivity index (χ3n) is 3.55. The lowest BCUT2D eigenvalue weighted by molar-refractivity contribution is -0.652. The van der Waals surface area contributed by atoms with E-state index >= 15 is 0 Å². The van der Waals surface area contributed by atoms with Gasteiger partial charge in [0.25, 0.3) is 0 Å². The first-order valence-electron chi connectivity index (χ1n) is 6.62. The number of para-hydroxylation sites is 2. The molecule has 6 nitrogen and oxygen atoms in total. The van der Waals surface area contributed by atoms with E-state index in [-0.39, 0.29) is 11.4 Å². The number of fused-ring (bicyclic) bond motifs is 6. The summed E-state index contributed by atoms with van der Waals surface area (Å²) >= 11 is 0. The molecule has 2 aromatic carbocycles. The van der Waals surface area contributed by atoms with Gasteiger partial charge in [-0.05, 0) is 27.9 Å². The van der Waals surface area contributed by atoms with Gasteiger partial charge in [-0.2, -0.15) is 5.26 Å². The first kappa shape index (κ1) is 12.2. The second-order valence-corrected chi connectivity index (χ2v) is 4.75. The molecule has 0 spiro atoms. The summed E-state index contributed by atoms with van der Waals surface area (Å²) in [6, 6.07) is 17.6.